The quantitative estimate of drug-likeness (QED) is 0.738. The van der Waals surface area contributed by atoms with Crippen LogP contribution in [0.4, 0.5) is 16.2 Å². The summed E-state index contributed by atoms with van der Waals surface area (Å²) in [5.41, 5.74) is 1.01. The van der Waals surface area contributed by atoms with Crippen LogP contribution in [-0.4, -0.2) is 60.4 Å². The number of nitrogens with zero attached hydrogens (tertiary/aromatic N) is 4. The Labute approximate surface area is 186 Å². The molecule has 3 fully saturated rings. The van der Waals surface area contributed by atoms with Crippen LogP contribution in [0.3, 0.4) is 0 Å². The number of aromatic nitrogens is 2. The zero-order valence-electron chi connectivity index (χ0n) is 18.3. The summed E-state index contributed by atoms with van der Waals surface area (Å²) >= 11 is 0. The van der Waals surface area contributed by atoms with Crippen molar-refractivity contribution in [3.05, 3.63) is 41.8 Å². The van der Waals surface area contributed by atoms with Crippen molar-refractivity contribution in [2.24, 2.45) is 0 Å². The van der Waals surface area contributed by atoms with Crippen LogP contribution < -0.4 is 19.9 Å². The van der Waals surface area contributed by atoms with Crippen molar-refractivity contribution in [1.29, 1.82) is 0 Å². The van der Waals surface area contributed by atoms with Gasteiger partial charge >= 0.3 is 0 Å². The fourth-order valence-electron chi connectivity index (χ4n) is 4.79. The second kappa shape index (κ2) is 8.54. The first kappa shape index (κ1) is 20.9. The largest absolute Gasteiger partial charge is 0.489 e. The van der Waals surface area contributed by atoms with E-state index < -0.39 is 5.82 Å². The topological polar surface area (TPSA) is 79.8 Å². The molecule has 3 aliphatic rings. The summed E-state index contributed by atoms with van der Waals surface area (Å²) < 4.78 is 26.4. The summed E-state index contributed by atoms with van der Waals surface area (Å²) in [7, 11) is 0. The molecular weight excluding hydrogens is 413 g/mol. The van der Waals surface area contributed by atoms with Crippen molar-refractivity contribution < 1.29 is 18.7 Å². The fourth-order valence-corrected chi connectivity index (χ4v) is 4.79. The van der Waals surface area contributed by atoms with E-state index in [1.165, 1.54) is 13.1 Å². The Balaban J connectivity index is 1.22. The molecule has 32 heavy (non-hydrogen) atoms. The molecule has 3 saturated heterocycles. The maximum absolute atomic E-state index is 14.6. The third-order valence-electron chi connectivity index (χ3n) is 6.42. The number of carbonyl (C=O) groups excluding carboxylic acids is 1. The van der Waals surface area contributed by atoms with Crippen LogP contribution in [0.1, 0.15) is 38.3 Å². The fraction of sp³-hybridized carbons (Fsp3) is 0.522. The molecular formula is C23H28FN5O3. The number of carbonyl (C=O) groups is 1. The minimum atomic E-state index is -0.411. The van der Waals surface area contributed by atoms with Gasteiger partial charge in [0.1, 0.15) is 11.9 Å². The number of amides is 1. The number of nitrogens with one attached hydrogen (secondary N) is 1. The molecule has 1 aromatic carbocycles. The van der Waals surface area contributed by atoms with Gasteiger partial charge in [0.05, 0.1) is 37.5 Å². The SMILES string of the molecule is CC(=O)N[C@@H](C)c1ccc(O[C@@H]2CCN(c3nc(N4C[C@@H]5C[C@H]4CO5)ncc3F)C2)cc1. The molecule has 0 spiro atoms. The first-order valence-corrected chi connectivity index (χ1v) is 11.2. The van der Waals surface area contributed by atoms with E-state index in [1.54, 1.807) is 0 Å². The molecule has 1 N–H and O–H groups in total. The highest BCUT2D eigenvalue weighted by Crippen LogP contribution is 2.32. The van der Waals surface area contributed by atoms with Gasteiger partial charge in [0.2, 0.25) is 11.9 Å². The normalized spacial score (nSPS) is 25.3. The molecule has 5 rings (SSSR count). The molecule has 1 aromatic heterocycles. The Kier molecular flexibility index (Phi) is 5.58. The number of halogens is 1. The number of ether oxygens (including phenoxy) is 2. The van der Waals surface area contributed by atoms with Gasteiger partial charge in [0, 0.05) is 26.4 Å². The van der Waals surface area contributed by atoms with E-state index in [-0.39, 0.29) is 30.2 Å². The van der Waals surface area contributed by atoms with E-state index >= 15 is 0 Å². The average Bonchev–Trinajstić information content (AvgIpc) is 3.52. The molecule has 3 aliphatic heterocycles. The van der Waals surface area contributed by atoms with Crippen molar-refractivity contribution in [3.8, 4) is 5.75 Å². The molecule has 1 amide bonds. The first-order valence-electron chi connectivity index (χ1n) is 11.2. The number of hydrogen-bond acceptors (Lipinski definition) is 7. The third-order valence-corrected chi connectivity index (χ3v) is 6.42. The highest BCUT2D eigenvalue weighted by atomic mass is 19.1. The van der Waals surface area contributed by atoms with Crippen LogP contribution in [0.15, 0.2) is 30.5 Å². The Morgan fingerprint density at radius 2 is 2.12 bits per heavy atom. The van der Waals surface area contributed by atoms with Crippen LogP contribution in [0.2, 0.25) is 0 Å². The summed E-state index contributed by atoms with van der Waals surface area (Å²) in [6.45, 7) is 6.13. The van der Waals surface area contributed by atoms with Crippen molar-refractivity contribution in [1.82, 2.24) is 15.3 Å². The molecule has 0 aliphatic carbocycles. The molecule has 2 bridgehead atoms. The maximum Gasteiger partial charge on any atom is 0.227 e. The summed E-state index contributed by atoms with van der Waals surface area (Å²) in [6, 6.07) is 7.94. The van der Waals surface area contributed by atoms with Gasteiger partial charge in [0.15, 0.2) is 11.6 Å². The summed E-state index contributed by atoms with van der Waals surface area (Å²) in [4.78, 5) is 24.1. The van der Waals surface area contributed by atoms with Crippen molar-refractivity contribution in [2.45, 2.75) is 51.0 Å². The average molecular weight is 442 g/mol. The van der Waals surface area contributed by atoms with Crippen LogP contribution in [0.25, 0.3) is 0 Å². The zero-order valence-corrected chi connectivity index (χ0v) is 18.3. The van der Waals surface area contributed by atoms with Gasteiger partial charge in [-0.2, -0.15) is 4.98 Å². The van der Waals surface area contributed by atoms with E-state index in [2.05, 4.69) is 20.2 Å². The lowest BCUT2D eigenvalue weighted by Gasteiger charge is -2.28. The lowest BCUT2D eigenvalue weighted by Crippen LogP contribution is -2.38. The van der Waals surface area contributed by atoms with Crippen molar-refractivity contribution in [3.63, 3.8) is 0 Å². The Hall–Kier alpha value is -2.94. The number of hydrogen-bond donors (Lipinski definition) is 1. The minimum absolute atomic E-state index is 0.0531. The molecule has 4 heterocycles. The highest BCUT2D eigenvalue weighted by molar-refractivity contribution is 5.73. The summed E-state index contributed by atoms with van der Waals surface area (Å²) in [5, 5.41) is 2.87. The molecule has 2 aromatic rings. The van der Waals surface area contributed by atoms with Gasteiger partial charge in [-0.1, -0.05) is 12.1 Å². The molecule has 4 atom stereocenters. The van der Waals surface area contributed by atoms with Gasteiger partial charge < -0.3 is 24.6 Å². The summed E-state index contributed by atoms with van der Waals surface area (Å²) in [5.74, 6) is 1.20. The summed E-state index contributed by atoms with van der Waals surface area (Å²) in [6.07, 6.45) is 3.22. The van der Waals surface area contributed by atoms with Crippen LogP contribution in [-0.2, 0) is 9.53 Å². The first-order chi connectivity index (χ1) is 15.5. The maximum atomic E-state index is 14.6. The zero-order chi connectivity index (χ0) is 22.2. The van der Waals surface area contributed by atoms with Gasteiger partial charge in [0.25, 0.3) is 0 Å². The highest BCUT2D eigenvalue weighted by Gasteiger charge is 2.40. The number of fused-ring (bicyclic) bond motifs is 2. The third kappa shape index (κ3) is 4.21. The van der Waals surface area contributed by atoms with Crippen LogP contribution in [0, 0.1) is 5.82 Å². The Bertz CT molecular complexity index is 988. The molecule has 9 heteroatoms. The predicted molar refractivity (Wildman–Crippen MR) is 117 cm³/mol. The standard InChI is InChI=1S/C23H28FN5O3/c1-14(26-15(2)30)16-3-5-18(6-4-16)32-19-7-8-28(11-19)22-21(24)10-25-23(27-22)29-12-20-9-17(29)13-31-20/h3-6,10,14,17,19-20H,7-9,11-13H2,1-2H3,(H,26,30)/t14-,17-,19+,20-/m0/s1. The smallest absolute Gasteiger partial charge is 0.227 e. The minimum Gasteiger partial charge on any atom is -0.489 e. The van der Waals surface area contributed by atoms with Crippen LogP contribution >= 0.6 is 0 Å². The number of benzene rings is 1. The van der Waals surface area contributed by atoms with Crippen LogP contribution in [0.5, 0.6) is 5.75 Å². The van der Waals surface area contributed by atoms with Gasteiger partial charge in [-0.15, -0.1) is 0 Å². The lowest BCUT2D eigenvalue weighted by atomic mass is 10.1. The van der Waals surface area contributed by atoms with E-state index in [4.69, 9.17) is 9.47 Å². The monoisotopic (exact) mass is 441 g/mol. The predicted octanol–water partition coefficient (Wildman–Crippen LogP) is 2.45. The molecule has 8 nitrogen and oxygen atoms in total. The van der Waals surface area contributed by atoms with E-state index in [9.17, 15) is 9.18 Å². The Morgan fingerprint density at radius 1 is 1.31 bits per heavy atom. The van der Waals surface area contributed by atoms with Crippen molar-refractivity contribution in [2.75, 3.05) is 36.0 Å². The second-order valence-corrected chi connectivity index (χ2v) is 8.80. The van der Waals surface area contributed by atoms with E-state index in [0.29, 0.717) is 31.5 Å². The molecule has 0 unspecified atom stereocenters. The number of morpholine rings is 1. The van der Waals surface area contributed by atoms with Gasteiger partial charge in [-0.3, -0.25) is 4.79 Å². The Morgan fingerprint density at radius 3 is 2.81 bits per heavy atom. The van der Waals surface area contributed by atoms with Gasteiger partial charge in [-0.05, 0) is 31.0 Å². The van der Waals surface area contributed by atoms with E-state index in [1.807, 2.05) is 36.1 Å². The second-order valence-electron chi connectivity index (χ2n) is 8.80. The molecule has 0 radical (unpaired) electrons. The van der Waals surface area contributed by atoms with Crippen molar-refractivity contribution >= 4 is 17.7 Å². The lowest BCUT2D eigenvalue weighted by molar-refractivity contribution is -0.119. The number of rotatable bonds is 6. The van der Waals surface area contributed by atoms with E-state index in [0.717, 1.165) is 30.7 Å². The van der Waals surface area contributed by atoms with Gasteiger partial charge in [-0.25, -0.2) is 9.37 Å². The number of anilines is 2. The molecule has 170 valence electrons. The molecule has 0 saturated carbocycles.